The van der Waals surface area contributed by atoms with Crippen LogP contribution in [0.15, 0.2) is 60.7 Å². The van der Waals surface area contributed by atoms with Crippen molar-refractivity contribution < 1.29 is 55.6 Å². The van der Waals surface area contributed by atoms with E-state index >= 15 is 0 Å². The quantitative estimate of drug-likeness (QED) is 0.253. The van der Waals surface area contributed by atoms with Crippen molar-refractivity contribution in [2.45, 2.75) is 38.4 Å². The van der Waals surface area contributed by atoms with Gasteiger partial charge in [0.15, 0.2) is 6.10 Å². The Morgan fingerprint density at radius 1 is 0.868 bits per heavy atom. The lowest BCUT2D eigenvalue weighted by Gasteiger charge is -2.20. The number of halogens is 6. The van der Waals surface area contributed by atoms with Crippen molar-refractivity contribution in [3.05, 3.63) is 82.9 Å². The molecule has 1 atom stereocenters. The minimum absolute atomic E-state index is 0.128. The van der Waals surface area contributed by atoms with E-state index in [1.54, 1.807) is 36.4 Å². The number of carboxylic acid groups (broad SMARTS) is 1. The first-order valence-electron chi connectivity index (χ1n) is 10.9. The van der Waals surface area contributed by atoms with Crippen molar-refractivity contribution in [3.63, 3.8) is 0 Å². The first kappa shape index (κ1) is 28.4. The molecule has 0 bridgehead atoms. The van der Waals surface area contributed by atoms with Gasteiger partial charge in [0, 0.05) is 5.56 Å². The molecule has 0 aliphatic rings. The number of carboxylic acids is 1. The second-order valence-electron chi connectivity index (χ2n) is 8.16. The first-order valence-corrected chi connectivity index (χ1v) is 10.9. The summed E-state index contributed by atoms with van der Waals surface area (Å²) in [5.41, 5.74) is -0.924. The van der Waals surface area contributed by atoms with Crippen molar-refractivity contribution in [1.29, 1.82) is 0 Å². The van der Waals surface area contributed by atoms with Crippen LogP contribution in [-0.4, -0.2) is 34.4 Å². The van der Waals surface area contributed by atoms with E-state index in [9.17, 15) is 41.0 Å². The predicted octanol–water partition coefficient (Wildman–Crippen LogP) is 6.39. The molecule has 0 saturated carbocycles. The zero-order valence-electron chi connectivity index (χ0n) is 19.6. The number of esters is 1. The molecule has 0 radical (unpaired) electrons. The summed E-state index contributed by atoms with van der Waals surface area (Å²) in [5, 5.41) is 19.0. The van der Waals surface area contributed by atoms with Crippen LogP contribution in [-0.2, 0) is 28.7 Å². The van der Waals surface area contributed by atoms with E-state index in [1.165, 1.54) is 12.1 Å². The molecular formula is C26H20F6O6. The predicted molar refractivity (Wildman–Crippen MR) is 122 cm³/mol. The molecule has 0 aliphatic heterocycles. The minimum atomic E-state index is -5.09. The van der Waals surface area contributed by atoms with Gasteiger partial charge in [0.1, 0.15) is 23.7 Å². The lowest BCUT2D eigenvalue weighted by atomic mass is 10.0. The highest BCUT2D eigenvalue weighted by molar-refractivity contribution is 5.95. The van der Waals surface area contributed by atoms with Gasteiger partial charge in [0.05, 0.1) is 12.0 Å². The number of carbonyl (C=O) groups excluding carboxylic acids is 1. The van der Waals surface area contributed by atoms with E-state index in [0.717, 1.165) is 17.2 Å². The molecule has 1 unspecified atom stereocenters. The highest BCUT2D eigenvalue weighted by Gasteiger charge is 2.41. The lowest BCUT2D eigenvalue weighted by molar-refractivity contribution is -0.198. The number of phenolic OH excluding ortho intramolecular Hbond substituents is 1. The third-order valence-electron chi connectivity index (χ3n) is 5.41. The summed E-state index contributed by atoms with van der Waals surface area (Å²) in [4.78, 5) is 23.2. The molecule has 6 nitrogen and oxygen atoms in total. The van der Waals surface area contributed by atoms with Crippen molar-refractivity contribution in [1.82, 2.24) is 0 Å². The van der Waals surface area contributed by atoms with Crippen molar-refractivity contribution in [3.8, 4) is 22.6 Å². The Hall–Kier alpha value is -4.22. The summed E-state index contributed by atoms with van der Waals surface area (Å²) in [7, 11) is 0. The topological polar surface area (TPSA) is 93.1 Å². The van der Waals surface area contributed by atoms with Gasteiger partial charge in [0.25, 0.3) is 0 Å². The van der Waals surface area contributed by atoms with Gasteiger partial charge >= 0.3 is 24.3 Å². The van der Waals surface area contributed by atoms with Crippen LogP contribution in [0.2, 0.25) is 0 Å². The standard InChI is InChI=1S/C26H20F6O6/c1-14(25(27,28)29)38-24(36)22-18(8-11-20(23(22)35)26(30,31)32)13-37-19-9-6-17(7-10-19)16-4-2-15(3-5-16)12-21(33)34/h2-11,14,35H,12-13H2,1H3,(H,33,34). The van der Waals surface area contributed by atoms with Gasteiger partial charge in [-0.2, -0.15) is 26.3 Å². The summed E-state index contributed by atoms with van der Waals surface area (Å²) in [6, 6.07) is 14.4. The Morgan fingerprint density at radius 2 is 1.42 bits per heavy atom. The number of hydrogen-bond donors (Lipinski definition) is 2. The molecule has 38 heavy (non-hydrogen) atoms. The summed E-state index contributed by atoms with van der Waals surface area (Å²) in [6.07, 6.45) is -12.8. The normalized spacial score (nSPS) is 12.6. The van der Waals surface area contributed by atoms with Crippen molar-refractivity contribution in [2.75, 3.05) is 0 Å². The van der Waals surface area contributed by atoms with Crippen LogP contribution in [0.5, 0.6) is 11.5 Å². The van der Waals surface area contributed by atoms with Gasteiger partial charge < -0.3 is 19.7 Å². The average molecular weight is 542 g/mol. The van der Waals surface area contributed by atoms with Crippen molar-refractivity contribution >= 4 is 11.9 Å². The van der Waals surface area contributed by atoms with E-state index in [0.29, 0.717) is 18.6 Å². The fourth-order valence-electron chi connectivity index (χ4n) is 3.39. The Kier molecular flexibility index (Phi) is 8.23. The Morgan fingerprint density at radius 3 is 1.92 bits per heavy atom. The number of hydrogen-bond acceptors (Lipinski definition) is 5. The van der Waals surface area contributed by atoms with Gasteiger partial charge in [0.2, 0.25) is 0 Å². The number of phenols is 1. The molecule has 3 rings (SSSR count). The van der Waals surface area contributed by atoms with Gasteiger partial charge in [-0.1, -0.05) is 42.5 Å². The summed E-state index contributed by atoms with van der Waals surface area (Å²) in [5.74, 6) is -4.12. The monoisotopic (exact) mass is 542 g/mol. The Labute approximate surface area is 212 Å². The van der Waals surface area contributed by atoms with Gasteiger partial charge in [-0.25, -0.2) is 4.79 Å². The van der Waals surface area contributed by atoms with E-state index in [1.807, 2.05) is 0 Å². The molecule has 202 valence electrons. The maximum Gasteiger partial charge on any atom is 0.425 e. The number of carbonyl (C=O) groups is 2. The summed E-state index contributed by atoms with van der Waals surface area (Å²) in [6.45, 7) is -0.0697. The third-order valence-corrected chi connectivity index (χ3v) is 5.41. The van der Waals surface area contributed by atoms with Crippen molar-refractivity contribution in [2.24, 2.45) is 0 Å². The SMILES string of the molecule is CC(OC(=O)c1c(COc2ccc(-c3ccc(CC(=O)O)cc3)cc2)ccc(C(F)(F)F)c1O)C(F)(F)F. The molecule has 2 N–H and O–H groups in total. The maximum absolute atomic E-state index is 13.2. The average Bonchev–Trinajstić information content (AvgIpc) is 2.81. The minimum Gasteiger partial charge on any atom is -0.506 e. The number of aliphatic carboxylic acids is 1. The summed E-state index contributed by atoms with van der Waals surface area (Å²) >= 11 is 0. The molecule has 12 heteroatoms. The zero-order valence-corrected chi connectivity index (χ0v) is 19.6. The molecular weight excluding hydrogens is 522 g/mol. The highest BCUT2D eigenvalue weighted by Crippen LogP contribution is 2.40. The van der Waals surface area contributed by atoms with Crippen LogP contribution in [0.3, 0.4) is 0 Å². The number of alkyl halides is 6. The van der Waals surface area contributed by atoms with Crippen LogP contribution >= 0.6 is 0 Å². The molecule has 3 aromatic carbocycles. The number of ether oxygens (including phenoxy) is 2. The first-order chi connectivity index (χ1) is 17.7. The summed E-state index contributed by atoms with van der Waals surface area (Å²) < 4.78 is 87.9. The lowest BCUT2D eigenvalue weighted by Crippen LogP contribution is -2.31. The highest BCUT2D eigenvalue weighted by atomic mass is 19.4. The van der Waals surface area contributed by atoms with Crippen LogP contribution in [0.1, 0.15) is 34.0 Å². The Balaban J connectivity index is 1.82. The Bertz CT molecular complexity index is 1300. The van der Waals surface area contributed by atoms with Gasteiger partial charge in [-0.05, 0) is 41.8 Å². The van der Waals surface area contributed by atoms with E-state index in [2.05, 4.69) is 4.74 Å². The fourth-order valence-corrected chi connectivity index (χ4v) is 3.39. The second kappa shape index (κ2) is 11.0. The van der Waals surface area contributed by atoms with Gasteiger partial charge in [-0.3, -0.25) is 4.79 Å². The van der Waals surface area contributed by atoms with E-state index < -0.39 is 53.9 Å². The molecule has 0 aliphatic carbocycles. The van der Waals surface area contributed by atoms with Gasteiger partial charge in [-0.15, -0.1) is 0 Å². The zero-order chi connectivity index (χ0) is 28.3. The van der Waals surface area contributed by atoms with Crippen LogP contribution in [0, 0.1) is 0 Å². The van der Waals surface area contributed by atoms with Crippen LogP contribution < -0.4 is 4.74 Å². The number of rotatable bonds is 8. The number of benzene rings is 3. The molecule has 0 spiro atoms. The molecule has 0 amide bonds. The van der Waals surface area contributed by atoms with Crippen LogP contribution in [0.25, 0.3) is 11.1 Å². The smallest absolute Gasteiger partial charge is 0.425 e. The molecule has 3 aromatic rings. The van der Waals surface area contributed by atoms with Crippen LogP contribution in [0.4, 0.5) is 26.3 Å². The molecule has 0 fully saturated rings. The number of aromatic hydroxyl groups is 1. The molecule has 0 saturated heterocycles. The largest absolute Gasteiger partial charge is 0.506 e. The third kappa shape index (κ3) is 6.96. The fraction of sp³-hybridized carbons (Fsp3) is 0.231. The molecule has 0 heterocycles. The second-order valence-corrected chi connectivity index (χ2v) is 8.16. The molecule has 0 aromatic heterocycles. The maximum atomic E-state index is 13.2. The van der Waals surface area contributed by atoms with E-state index in [4.69, 9.17) is 9.84 Å². The van der Waals surface area contributed by atoms with E-state index in [-0.39, 0.29) is 17.7 Å².